The molecule has 0 saturated carbocycles. The van der Waals surface area contributed by atoms with Crippen molar-refractivity contribution in [2.75, 3.05) is 0 Å². The molecule has 2 nitrogen and oxygen atoms in total. The maximum atomic E-state index is 4.37. The molecule has 1 aromatic carbocycles. The van der Waals surface area contributed by atoms with Gasteiger partial charge in [-0.3, -0.25) is 4.98 Å². The molecule has 0 amide bonds. The molecule has 3 rings (SSSR count). The van der Waals surface area contributed by atoms with Crippen LogP contribution in [0, 0.1) is 0 Å². The summed E-state index contributed by atoms with van der Waals surface area (Å²) in [5.41, 5.74) is 3.73. The van der Waals surface area contributed by atoms with E-state index in [1.165, 1.54) is 11.1 Å². The predicted octanol–water partition coefficient (Wildman–Crippen LogP) is 3.01. The largest absolute Gasteiger partial charge is 0.255 e. The number of aromatic nitrogens is 2. The molecule has 0 N–H and O–H groups in total. The first-order chi connectivity index (χ1) is 9.90. The summed E-state index contributed by atoms with van der Waals surface area (Å²) in [5, 5.41) is 0. The third-order valence-electron chi connectivity index (χ3n) is 3.24. The zero-order valence-electron chi connectivity index (χ0n) is 11.3. The van der Waals surface area contributed by atoms with Crippen LogP contribution in [0.5, 0.6) is 0 Å². The van der Waals surface area contributed by atoms with Gasteiger partial charge in [0.2, 0.25) is 0 Å². The van der Waals surface area contributed by atoms with Gasteiger partial charge in [-0.15, -0.1) is 0 Å². The third-order valence-corrected chi connectivity index (χ3v) is 3.24. The van der Waals surface area contributed by atoms with Gasteiger partial charge in [0, 0.05) is 24.2 Å². The standard InChI is InChI=1S/C18H17N2/c1-2-7-16(8-3-1)13-17-9-6-12-20(14-17)15-18-10-4-5-11-19-18/h1-12,14H,13,15H2/q+1. The summed E-state index contributed by atoms with van der Waals surface area (Å²) < 4.78 is 2.18. The molecule has 2 heterocycles. The molecular weight excluding hydrogens is 244 g/mol. The lowest BCUT2D eigenvalue weighted by Crippen LogP contribution is -2.34. The predicted molar refractivity (Wildman–Crippen MR) is 79.2 cm³/mol. The van der Waals surface area contributed by atoms with Gasteiger partial charge in [-0.1, -0.05) is 36.4 Å². The molecule has 0 spiro atoms. The van der Waals surface area contributed by atoms with Crippen molar-refractivity contribution in [3.63, 3.8) is 0 Å². The smallest absolute Gasteiger partial charge is 0.190 e. The van der Waals surface area contributed by atoms with Gasteiger partial charge in [0.25, 0.3) is 0 Å². The highest BCUT2D eigenvalue weighted by atomic mass is 14.9. The Labute approximate surface area is 119 Å². The Kier molecular flexibility index (Phi) is 3.83. The SMILES string of the molecule is c1ccc(Cc2ccc[n+](Cc3ccccn3)c2)cc1. The van der Waals surface area contributed by atoms with Crippen molar-refractivity contribution in [3.05, 3.63) is 96.1 Å². The summed E-state index contributed by atoms with van der Waals surface area (Å²) in [6, 6.07) is 20.8. The van der Waals surface area contributed by atoms with Crippen LogP contribution in [0.2, 0.25) is 0 Å². The van der Waals surface area contributed by atoms with Crippen molar-refractivity contribution >= 4 is 0 Å². The molecule has 2 aromatic heterocycles. The second-order valence-corrected chi connectivity index (χ2v) is 4.87. The van der Waals surface area contributed by atoms with Crippen molar-refractivity contribution < 1.29 is 4.57 Å². The van der Waals surface area contributed by atoms with Gasteiger partial charge in [0.05, 0.1) is 0 Å². The summed E-state index contributed by atoms with van der Waals surface area (Å²) in [5.74, 6) is 0. The molecule has 2 heteroatoms. The molecule has 0 saturated heterocycles. The molecule has 98 valence electrons. The van der Waals surface area contributed by atoms with Crippen LogP contribution < -0.4 is 4.57 Å². The molecule has 0 bridgehead atoms. The fourth-order valence-corrected chi connectivity index (χ4v) is 2.29. The first-order valence-corrected chi connectivity index (χ1v) is 6.82. The Morgan fingerprint density at radius 2 is 1.60 bits per heavy atom. The lowest BCUT2D eigenvalue weighted by Gasteiger charge is -2.02. The van der Waals surface area contributed by atoms with Crippen LogP contribution in [0.15, 0.2) is 79.3 Å². The first-order valence-electron chi connectivity index (χ1n) is 6.82. The van der Waals surface area contributed by atoms with Gasteiger partial charge >= 0.3 is 0 Å². The Morgan fingerprint density at radius 1 is 0.800 bits per heavy atom. The summed E-state index contributed by atoms with van der Waals surface area (Å²) in [6.45, 7) is 0.809. The average Bonchev–Trinajstić information content (AvgIpc) is 2.50. The Bertz CT molecular complexity index is 607. The minimum Gasteiger partial charge on any atom is -0.255 e. The normalized spacial score (nSPS) is 10.4. The maximum Gasteiger partial charge on any atom is 0.190 e. The second kappa shape index (κ2) is 6.11. The fourth-order valence-electron chi connectivity index (χ4n) is 2.29. The lowest BCUT2D eigenvalue weighted by atomic mass is 10.1. The number of nitrogens with zero attached hydrogens (tertiary/aromatic N) is 2. The van der Waals surface area contributed by atoms with Crippen molar-refractivity contribution in [1.29, 1.82) is 0 Å². The molecule has 0 unspecified atom stereocenters. The van der Waals surface area contributed by atoms with Crippen molar-refractivity contribution in [1.82, 2.24) is 4.98 Å². The summed E-state index contributed by atoms with van der Waals surface area (Å²) in [6.07, 6.45) is 7.08. The van der Waals surface area contributed by atoms with Crippen LogP contribution >= 0.6 is 0 Å². The number of benzene rings is 1. The maximum absolute atomic E-state index is 4.37. The molecule has 0 aliphatic carbocycles. The van der Waals surface area contributed by atoms with Crippen molar-refractivity contribution in [2.24, 2.45) is 0 Å². The molecule has 3 aromatic rings. The highest BCUT2D eigenvalue weighted by Crippen LogP contribution is 2.07. The van der Waals surface area contributed by atoms with Crippen LogP contribution in [0.1, 0.15) is 16.8 Å². The monoisotopic (exact) mass is 261 g/mol. The van der Waals surface area contributed by atoms with Gasteiger partial charge < -0.3 is 0 Å². The minimum atomic E-state index is 0.809. The molecule has 0 aliphatic heterocycles. The first kappa shape index (κ1) is 12.5. The van der Waals surface area contributed by atoms with Crippen molar-refractivity contribution in [2.45, 2.75) is 13.0 Å². The number of rotatable bonds is 4. The van der Waals surface area contributed by atoms with Gasteiger partial charge in [-0.2, -0.15) is 4.57 Å². The summed E-state index contributed by atoms with van der Waals surface area (Å²) >= 11 is 0. The lowest BCUT2D eigenvalue weighted by molar-refractivity contribution is -0.689. The molecule has 0 aliphatic rings. The molecule has 0 atom stereocenters. The van der Waals surface area contributed by atoms with Crippen LogP contribution in [0.25, 0.3) is 0 Å². The van der Waals surface area contributed by atoms with E-state index in [4.69, 9.17) is 0 Å². The topological polar surface area (TPSA) is 16.8 Å². The van der Waals surface area contributed by atoms with Crippen LogP contribution in [-0.2, 0) is 13.0 Å². The molecular formula is C18H17N2+. The summed E-state index contributed by atoms with van der Waals surface area (Å²) in [4.78, 5) is 4.37. The van der Waals surface area contributed by atoms with Crippen LogP contribution in [0.3, 0.4) is 0 Å². The molecule has 0 fully saturated rings. The average molecular weight is 261 g/mol. The van der Waals surface area contributed by atoms with E-state index in [1.807, 2.05) is 18.3 Å². The van der Waals surface area contributed by atoms with E-state index >= 15 is 0 Å². The van der Waals surface area contributed by atoms with Gasteiger partial charge in [0.15, 0.2) is 18.9 Å². The van der Waals surface area contributed by atoms with Crippen molar-refractivity contribution in [3.8, 4) is 0 Å². The number of hydrogen-bond acceptors (Lipinski definition) is 1. The van der Waals surface area contributed by atoms with Crippen LogP contribution in [-0.4, -0.2) is 4.98 Å². The van der Waals surface area contributed by atoms with Gasteiger partial charge in [-0.05, 0) is 23.8 Å². The number of hydrogen-bond donors (Lipinski definition) is 0. The van der Waals surface area contributed by atoms with E-state index in [2.05, 4.69) is 70.5 Å². The zero-order valence-corrected chi connectivity index (χ0v) is 11.3. The Morgan fingerprint density at radius 3 is 2.40 bits per heavy atom. The van der Waals surface area contributed by atoms with E-state index < -0.39 is 0 Å². The highest BCUT2D eigenvalue weighted by Gasteiger charge is 2.05. The van der Waals surface area contributed by atoms with Crippen LogP contribution in [0.4, 0.5) is 0 Å². The molecule has 20 heavy (non-hydrogen) atoms. The van der Waals surface area contributed by atoms with E-state index in [0.29, 0.717) is 0 Å². The minimum absolute atomic E-state index is 0.809. The van der Waals surface area contributed by atoms with E-state index in [1.54, 1.807) is 0 Å². The highest BCUT2D eigenvalue weighted by molar-refractivity contribution is 5.22. The van der Waals surface area contributed by atoms with Gasteiger partial charge in [0.1, 0.15) is 5.69 Å². The fraction of sp³-hybridized carbons (Fsp3) is 0.111. The summed E-state index contributed by atoms with van der Waals surface area (Å²) in [7, 11) is 0. The quantitative estimate of drug-likeness (QED) is 0.660. The second-order valence-electron chi connectivity index (χ2n) is 4.87. The third kappa shape index (κ3) is 3.29. The van der Waals surface area contributed by atoms with E-state index in [9.17, 15) is 0 Å². The molecule has 0 radical (unpaired) electrons. The number of pyridine rings is 2. The zero-order chi connectivity index (χ0) is 13.6. The van der Waals surface area contributed by atoms with E-state index in [-0.39, 0.29) is 0 Å². The van der Waals surface area contributed by atoms with Gasteiger partial charge in [-0.25, -0.2) is 0 Å². The van der Waals surface area contributed by atoms with E-state index in [0.717, 1.165) is 18.7 Å². The Hall–Kier alpha value is -2.48. The Balaban J connectivity index is 1.76.